The van der Waals surface area contributed by atoms with Crippen LogP contribution in [-0.2, 0) is 0 Å². The van der Waals surface area contributed by atoms with Crippen LogP contribution in [0.3, 0.4) is 0 Å². The van der Waals surface area contributed by atoms with E-state index in [1.165, 1.54) is 0 Å². The predicted molar refractivity (Wildman–Crippen MR) is 207 cm³/mol. The maximum absolute atomic E-state index is 9.48. The molecular weight excluding hydrogens is 607 g/mol. The van der Waals surface area contributed by atoms with Crippen molar-refractivity contribution in [2.45, 2.75) is 0 Å². The first-order chi connectivity index (χ1) is 27.3. The molecule has 0 bridgehead atoms. The zero-order chi connectivity index (χ0) is 38.5. The van der Waals surface area contributed by atoms with Crippen molar-refractivity contribution in [1.29, 1.82) is 0 Å². The van der Waals surface area contributed by atoms with E-state index in [0.717, 1.165) is 33.0 Å². The number of aromatic nitrogens is 3. The molecule has 3 heteroatoms. The van der Waals surface area contributed by atoms with Gasteiger partial charge in [-0.25, -0.2) is 15.0 Å². The van der Waals surface area contributed by atoms with Crippen molar-refractivity contribution < 1.29 is 8.22 Å². The first-order valence-corrected chi connectivity index (χ1v) is 16.4. The van der Waals surface area contributed by atoms with Gasteiger partial charge in [0.25, 0.3) is 0 Å². The number of hydrogen-bond donors (Lipinski definition) is 0. The fourth-order valence-electron chi connectivity index (χ4n) is 6.24. The molecule has 9 aromatic rings. The third-order valence-corrected chi connectivity index (χ3v) is 8.73. The second kappa shape index (κ2) is 12.7. The Labute approximate surface area is 299 Å². The van der Waals surface area contributed by atoms with Crippen LogP contribution in [0, 0.1) is 0 Å². The molecular formula is C47H31N3. The van der Waals surface area contributed by atoms with E-state index < -0.39 is 0 Å². The van der Waals surface area contributed by atoms with Crippen LogP contribution in [-0.4, -0.2) is 15.0 Å². The van der Waals surface area contributed by atoms with Gasteiger partial charge in [0, 0.05) is 16.7 Å². The first kappa shape index (κ1) is 23.6. The molecule has 0 fully saturated rings. The molecule has 0 aliphatic heterocycles. The minimum atomic E-state index is -0.368. The smallest absolute Gasteiger partial charge is 0.164 e. The molecule has 0 spiro atoms. The maximum Gasteiger partial charge on any atom is 0.164 e. The quantitative estimate of drug-likeness (QED) is 0.181. The molecule has 0 radical (unpaired) electrons. The summed E-state index contributed by atoms with van der Waals surface area (Å²) in [6.45, 7) is 0. The summed E-state index contributed by atoms with van der Waals surface area (Å²) in [5, 5.41) is 2.10. The Morgan fingerprint density at radius 1 is 0.320 bits per heavy atom. The monoisotopic (exact) mass is 643 g/mol. The van der Waals surface area contributed by atoms with Gasteiger partial charge in [-0.05, 0) is 85.2 Å². The van der Waals surface area contributed by atoms with Gasteiger partial charge in [0.05, 0.1) is 8.22 Å². The van der Waals surface area contributed by atoms with Crippen LogP contribution in [0.25, 0.3) is 89.1 Å². The molecule has 0 saturated heterocycles. The van der Waals surface area contributed by atoms with Gasteiger partial charge < -0.3 is 0 Å². The van der Waals surface area contributed by atoms with Crippen LogP contribution in [0.2, 0.25) is 0 Å². The van der Waals surface area contributed by atoms with Crippen LogP contribution < -0.4 is 0 Å². The lowest BCUT2D eigenvalue weighted by Gasteiger charge is -2.13. The molecule has 0 saturated carbocycles. The predicted octanol–water partition coefficient (Wildman–Crippen LogP) is 12.2. The van der Waals surface area contributed by atoms with E-state index in [4.69, 9.17) is 20.4 Å². The summed E-state index contributed by atoms with van der Waals surface area (Å²) >= 11 is 0. The molecule has 3 nitrogen and oxygen atoms in total. The molecule has 0 unspecified atom stereocenters. The maximum atomic E-state index is 9.48. The summed E-state index contributed by atoms with van der Waals surface area (Å²) in [5.74, 6) is 0.628. The van der Waals surface area contributed by atoms with E-state index in [1.807, 2.05) is 84.9 Å². The highest BCUT2D eigenvalue weighted by atomic mass is 15.0. The van der Waals surface area contributed by atoms with Crippen molar-refractivity contribution in [2.24, 2.45) is 0 Å². The Balaban J connectivity index is 1.27. The second-order valence-electron chi connectivity index (χ2n) is 12.0. The number of nitrogens with zero attached hydrogens (tertiary/aromatic N) is 3. The third kappa shape index (κ3) is 5.72. The molecule has 0 atom stereocenters. The van der Waals surface area contributed by atoms with Gasteiger partial charge in [-0.1, -0.05) is 158 Å². The third-order valence-electron chi connectivity index (χ3n) is 8.73. The number of rotatable bonds is 6. The van der Waals surface area contributed by atoms with Gasteiger partial charge in [0.15, 0.2) is 17.5 Å². The summed E-state index contributed by atoms with van der Waals surface area (Å²) < 4.78 is 54.6. The van der Waals surface area contributed by atoms with Crippen molar-refractivity contribution in [3.05, 3.63) is 188 Å². The number of hydrogen-bond acceptors (Lipinski definition) is 3. The molecule has 9 rings (SSSR count). The lowest BCUT2D eigenvalue weighted by molar-refractivity contribution is 1.07. The summed E-state index contributed by atoms with van der Waals surface area (Å²) in [6.07, 6.45) is 0. The van der Waals surface area contributed by atoms with Crippen LogP contribution in [0.4, 0.5) is 0 Å². The zero-order valence-corrected chi connectivity index (χ0v) is 26.8. The number of fused-ring (bicyclic) bond motifs is 2. The Kier molecular flexibility index (Phi) is 6.00. The molecule has 50 heavy (non-hydrogen) atoms. The van der Waals surface area contributed by atoms with E-state index >= 15 is 0 Å². The standard InChI is InChI=1S/C47H31N3/c1-4-13-32(14-5-1)36-25-23-34-24-26-40(30-41(34)27-36)47-49-45(35-17-8-3-9-18-35)48-46(50-47)39-21-12-20-38(28-39)44-31-42(33-15-6-2-7-16-33)29-37-19-10-11-22-43(37)44/h1-31H/i23D,24D,25D,26D,27D,30D. The Morgan fingerprint density at radius 2 is 0.840 bits per heavy atom. The minimum absolute atomic E-state index is 0.00308. The molecule has 234 valence electrons. The average Bonchev–Trinajstić information content (AvgIpc) is 3.25. The van der Waals surface area contributed by atoms with E-state index in [-0.39, 0.29) is 64.0 Å². The zero-order valence-electron chi connectivity index (χ0n) is 32.8. The van der Waals surface area contributed by atoms with E-state index in [1.54, 1.807) is 24.3 Å². The van der Waals surface area contributed by atoms with Gasteiger partial charge in [-0.2, -0.15) is 0 Å². The fraction of sp³-hybridized carbons (Fsp3) is 0. The summed E-state index contributed by atoms with van der Waals surface area (Å²) in [6, 6.07) is 47.5. The largest absolute Gasteiger partial charge is 0.208 e. The van der Waals surface area contributed by atoms with Crippen molar-refractivity contribution in [2.75, 3.05) is 0 Å². The van der Waals surface area contributed by atoms with Crippen LogP contribution >= 0.6 is 0 Å². The molecule has 8 aromatic carbocycles. The highest BCUT2D eigenvalue weighted by molar-refractivity contribution is 6.00. The Bertz CT molecular complexity index is 2970. The Morgan fingerprint density at radius 3 is 1.56 bits per heavy atom. The number of benzene rings is 8. The van der Waals surface area contributed by atoms with Crippen molar-refractivity contribution in [3.8, 4) is 67.5 Å². The van der Waals surface area contributed by atoms with Gasteiger partial charge in [-0.3, -0.25) is 0 Å². The lowest BCUT2D eigenvalue weighted by atomic mass is 9.92. The first-order valence-electron chi connectivity index (χ1n) is 19.4. The summed E-state index contributed by atoms with van der Waals surface area (Å²) in [7, 11) is 0. The summed E-state index contributed by atoms with van der Waals surface area (Å²) in [4.78, 5) is 14.6. The Hall–Kier alpha value is -6.71. The van der Waals surface area contributed by atoms with Crippen molar-refractivity contribution in [1.82, 2.24) is 15.0 Å². The van der Waals surface area contributed by atoms with Gasteiger partial charge >= 0.3 is 0 Å². The molecule has 1 aromatic heterocycles. The van der Waals surface area contributed by atoms with Crippen LogP contribution in [0.1, 0.15) is 8.22 Å². The molecule has 0 N–H and O–H groups in total. The highest BCUT2D eigenvalue weighted by Gasteiger charge is 2.15. The van der Waals surface area contributed by atoms with E-state index in [2.05, 4.69) is 42.5 Å². The highest BCUT2D eigenvalue weighted by Crippen LogP contribution is 2.36. The van der Waals surface area contributed by atoms with Gasteiger partial charge in [-0.15, -0.1) is 0 Å². The van der Waals surface area contributed by atoms with Crippen molar-refractivity contribution in [3.63, 3.8) is 0 Å². The van der Waals surface area contributed by atoms with E-state index in [0.29, 0.717) is 28.3 Å². The summed E-state index contributed by atoms with van der Waals surface area (Å²) in [5.41, 5.74) is 6.24. The molecule has 0 aliphatic carbocycles. The topological polar surface area (TPSA) is 38.7 Å². The van der Waals surface area contributed by atoms with Gasteiger partial charge in [0.2, 0.25) is 0 Å². The fourth-order valence-corrected chi connectivity index (χ4v) is 6.24. The molecule has 0 amide bonds. The SMILES string of the molecule is [2H]c1c(-c2ccccc2)c([2H])c2c([2H])c(-c3nc(-c4ccccc4)nc(-c4cccc(-c5cc(-c6ccccc6)cc6ccccc56)c4)n3)c([2H])c([2H])c2c1[2H]. The normalized spacial score (nSPS) is 12.9. The average molecular weight is 644 g/mol. The molecule has 0 aliphatic rings. The van der Waals surface area contributed by atoms with Gasteiger partial charge in [0.1, 0.15) is 0 Å². The minimum Gasteiger partial charge on any atom is -0.208 e. The van der Waals surface area contributed by atoms with E-state index in [9.17, 15) is 2.74 Å². The second-order valence-corrected chi connectivity index (χ2v) is 12.0. The molecule has 1 heterocycles. The van der Waals surface area contributed by atoms with Crippen molar-refractivity contribution >= 4 is 21.5 Å². The van der Waals surface area contributed by atoms with Crippen LogP contribution in [0.15, 0.2) is 188 Å². The lowest BCUT2D eigenvalue weighted by Crippen LogP contribution is -2.00. The van der Waals surface area contributed by atoms with Crippen LogP contribution in [0.5, 0.6) is 0 Å².